The molecule has 0 saturated heterocycles. The van der Waals surface area contributed by atoms with Gasteiger partial charge in [-0.15, -0.1) is 0 Å². The first kappa shape index (κ1) is 17.9. The Morgan fingerprint density at radius 1 is 0.889 bits per heavy atom. The molecule has 0 rings (SSSR count). The lowest BCUT2D eigenvalue weighted by atomic mass is 10.1. The van der Waals surface area contributed by atoms with Crippen LogP contribution in [-0.4, -0.2) is 36.1 Å². The van der Waals surface area contributed by atoms with Crippen LogP contribution >= 0.6 is 0 Å². The first-order chi connectivity index (χ1) is 8.81. The molecule has 0 aliphatic heterocycles. The number of unbranched alkanes of at least 4 members (excludes halogenated alkanes) is 8. The lowest BCUT2D eigenvalue weighted by Crippen LogP contribution is -2.17. The molecule has 18 heavy (non-hydrogen) atoms. The van der Waals surface area contributed by atoms with Gasteiger partial charge in [0.1, 0.15) is 0 Å². The van der Waals surface area contributed by atoms with Gasteiger partial charge < -0.3 is 14.9 Å². The molecule has 0 aliphatic carbocycles. The van der Waals surface area contributed by atoms with E-state index in [4.69, 9.17) is 9.84 Å². The molecule has 3 heteroatoms. The summed E-state index contributed by atoms with van der Waals surface area (Å²) in [5.41, 5.74) is 0. The third-order valence-corrected chi connectivity index (χ3v) is 3.16. The molecular weight excluding hydrogens is 228 g/mol. The first-order valence-corrected chi connectivity index (χ1v) is 7.68. The molecule has 0 radical (unpaired) electrons. The minimum absolute atomic E-state index is 0.0303. The Morgan fingerprint density at radius 3 is 2.00 bits per heavy atom. The lowest BCUT2D eigenvalue weighted by Gasteiger charge is -2.09. The number of aliphatic hydroxyl groups is 2. The topological polar surface area (TPSA) is 49.7 Å². The smallest absolute Gasteiger partial charge is 0.0795 e. The Balaban J connectivity index is 2.98. The largest absolute Gasteiger partial charge is 0.396 e. The van der Waals surface area contributed by atoms with E-state index < -0.39 is 6.10 Å². The maximum absolute atomic E-state index is 9.31. The SMILES string of the molecule is CCCCCCCCCCCOCC(O)CCO. The fourth-order valence-corrected chi connectivity index (χ4v) is 1.97. The summed E-state index contributed by atoms with van der Waals surface area (Å²) in [4.78, 5) is 0. The van der Waals surface area contributed by atoms with E-state index in [2.05, 4.69) is 6.92 Å². The Hall–Kier alpha value is -0.120. The van der Waals surface area contributed by atoms with Crippen molar-refractivity contribution in [1.82, 2.24) is 0 Å². The van der Waals surface area contributed by atoms with E-state index >= 15 is 0 Å². The van der Waals surface area contributed by atoms with Crippen LogP contribution in [0.25, 0.3) is 0 Å². The summed E-state index contributed by atoms with van der Waals surface area (Å²) >= 11 is 0. The van der Waals surface area contributed by atoms with E-state index in [1.54, 1.807) is 0 Å². The van der Waals surface area contributed by atoms with Gasteiger partial charge in [-0.2, -0.15) is 0 Å². The van der Waals surface area contributed by atoms with Crippen LogP contribution in [0.5, 0.6) is 0 Å². The molecule has 0 aliphatic rings. The highest BCUT2D eigenvalue weighted by Gasteiger charge is 2.02. The summed E-state index contributed by atoms with van der Waals surface area (Å²) in [7, 11) is 0. The van der Waals surface area contributed by atoms with E-state index in [1.165, 1.54) is 51.4 Å². The van der Waals surface area contributed by atoms with Crippen molar-refractivity contribution in [3.8, 4) is 0 Å². The monoisotopic (exact) mass is 260 g/mol. The molecule has 110 valence electrons. The fourth-order valence-electron chi connectivity index (χ4n) is 1.97. The average Bonchev–Trinajstić information content (AvgIpc) is 2.36. The van der Waals surface area contributed by atoms with Crippen molar-refractivity contribution in [2.24, 2.45) is 0 Å². The zero-order chi connectivity index (χ0) is 13.5. The number of aliphatic hydroxyl groups excluding tert-OH is 2. The van der Waals surface area contributed by atoms with Gasteiger partial charge in [0.25, 0.3) is 0 Å². The van der Waals surface area contributed by atoms with Gasteiger partial charge in [-0.25, -0.2) is 0 Å². The predicted octanol–water partition coefficient (Wildman–Crippen LogP) is 3.28. The summed E-state index contributed by atoms with van der Waals surface area (Å²) in [5.74, 6) is 0. The standard InChI is InChI=1S/C15H32O3/c1-2-3-4-5-6-7-8-9-10-13-18-14-15(17)11-12-16/h15-17H,2-14H2,1H3. The summed E-state index contributed by atoms with van der Waals surface area (Å²) in [6, 6.07) is 0. The summed E-state index contributed by atoms with van der Waals surface area (Å²) in [5, 5.41) is 17.9. The maximum atomic E-state index is 9.31. The summed E-state index contributed by atoms with van der Waals surface area (Å²) < 4.78 is 5.35. The Bertz CT molecular complexity index is 151. The van der Waals surface area contributed by atoms with Gasteiger partial charge in [-0.3, -0.25) is 0 Å². The second-order valence-corrected chi connectivity index (χ2v) is 5.07. The highest BCUT2D eigenvalue weighted by molar-refractivity contribution is 4.52. The van der Waals surface area contributed by atoms with Crippen molar-refractivity contribution in [1.29, 1.82) is 0 Å². The van der Waals surface area contributed by atoms with Crippen LogP contribution in [0.15, 0.2) is 0 Å². The molecular formula is C15H32O3. The van der Waals surface area contributed by atoms with Crippen LogP contribution < -0.4 is 0 Å². The zero-order valence-electron chi connectivity index (χ0n) is 12.1. The van der Waals surface area contributed by atoms with Gasteiger partial charge in [0, 0.05) is 13.2 Å². The van der Waals surface area contributed by atoms with Crippen LogP contribution in [0.3, 0.4) is 0 Å². The number of ether oxygens (including phenoxy) is 1. The fraction of sp³-hybridized carbons (Fsp3) is 1.00. The van der Waals surface area contributed by atoms with Crippen molar-refractivity contribution < 1.29 is 14.9 Å². The van der Waals surface area contributed by atoms with Gasteiger partial charge in [-0.1, -0.05) is 58.3 Å². The third-order valence-electron chi connectivity index (χ3n) is 3.16. The minimum Gasteiger partial charge on any atom is -0.396 e. The van der Waals surface area contributed by atoms with E-state index in [0.717, 1.165) is 13.0 Å². The van der Waals surface area contributed by atoms with Gasteiger partial charge in [-0.05, 0) is 12.8 Å². The van der Waals surface area contributed by atoms with Gasteiger partial charge >= 0.3 is 0 Å². The molecule has 0 saturated carbocycles. The molecule has 0 aromatic heterocycles. The summed E-state index contributed by atoms with van der Waals surface area (Å²) in [6.07, 6.45) is 11.7. The van der Waals surface area contributed by atoms with Crippen molar-refractivity contribution in [3.63, 3.8) is 0 Å². The van der Waals surface area contributed by atoms with E-state index in [9.17, 15) is 5.11 Å². The van der Waals surface area contributed by atoms with Crippen LogP contribution in [0, 0.1) is 0 Å². The van der Waals surface area contributed by atoms with Gasteiger partial charge in [0.2, 0.25) is 0 Å². The average molecular weight is 260 g/mol. The first-order valence-electron chi connectivity index (χ1n) is 7.68. The quantitative estimate of drug-likeness (QED) is 0.471. The highest BCUT2D eigenvalue weighted by Crippen LogP contribution is 2.09. The van der Waals surface area contributed by atoms with E-state index in [0.29, 0.717) is 13.0 Å². The minimum atomic E-state index is -0.506. The normalized spacial score (nSPS) is 12.8. The van der Waals surface area contributed by atoms with Crippen LogP contribution in [0.4, 0.5) is 0 Å². The van der Waals surface area contributed by atoms with Crippen molar-refractivity contribution in [3.05, 3.63) is 0 Å². The molecule has 0 spiro atoms. The van der Waals surface area contributed by atoms with Crippen molar-refractivity contribution in [2.45, 2.75) is 77.2 Å². The van der Waals surface area contributed by atoms with Crippen molar-refractivity contribution in [2.75, 3.05) is 19.8 Å². The molecule has 0 fully saturated rings. The molecule has 1 unspecified atom stereocenters. The lowest BCUT2D eigenvalue weighted by molar-refractivity contribution is 0.0228. The zero-order valence-corrected chi connectivity index (χ0v) is 12.1. The molecule has 0 amide bonds. The molecule has 3 nitrogen and oxygen atoms in total. The second kappa shape index (κ2) is 14.9. The molecule has 0 aromatic rings. The van der Waals surface area contributed by atoms with Gasteiger partial charge in [0.05, 0.1) is 12.7 Å². The van der Waals surface area contributed by atoms with Crippen LogP contribution in [-0.2, 0) is 4.74 Å². The Kier molecular flexibility index (Phi) is 14.8. The number of rotatable bonds is 14. The van der Waals surface area contributed by atoms with Crippen LogP contribution in [0.2, 0.25) is 0 Å². The number of hydrogen-bond donors (Lipinski definition) is 2. The maximum Gasteiger partial charge on any atom is 0.0795 e. The Labute approximate surface area is 113 Å². The van der Waals surface area contributed by atoms with E-state index in [-0.39, 0.29) is 6.61 Å². The third kappa shape index (κ3) is 13.9. The highest BCUT2D eigenvalue weighted by atomic mass is 16.5. The molecule has 0 heterocycles. The van der Waals surface area contributed by atoms with Gasteiger partial charge in [0.15, 0.2) is 0 Å². The van der Waals surface area contributed by atoms with Crippen molar-refractivity contribution >= 4 is 0 Å². The molecule has 2 N–H and O–H groups in total. The molecule has 0 bridgehead atoms. The number of hydrogen-bond acceptors (Lipinski definition) is 3. The molecule has 1 atom stereocenters. The summed E-state index contributed by atoms with van der Waals surface area (Å²) in [6.45, 7) is 3.37. The predicted molar refractivity (Wildman–Crippen MR) is 75.8 cm³/mol. The second-order valence-electron chi connectivity index (χ2n) is 5.07. The molecule has 0 aromatic carbocycles. The Morgan fingerprint density at radius 2 is 1.44 bits per heavy atom. The van der Waals surface area contributed by atoms with E-state index in [1.807, 2.05) is 0 Å². The van der Waals surface area contributed by atoms with Crippen LogP contribution in [0.1, 0.15) is 71.1 Å².